The van der Waals surface area contributed by atoms with Crippen molar-refractivity contribution in [3.63, 3.8) is 0 Å². The molecule has 1 aliphatic heterocycles. The molecule has 31 heavy (non-hydrogen) atoms. The second kappa shape index (κ2) is 7.93. The molecule has 1 amide bonds. The molecule has 0 unspecified atom stereocenters. The number of hydrogen-bond acceptors (Lipinski definition) is 6. The molecule has 2 heterocycles. The molecule has 8 nitrogen and oxygen atoms in total. The number of hydrogen-bond donors (Lipinski definition) is 1. The first-order chi connectivity index (χ1) is 14.7. The number of aromatic nitrogens is 2. The van der Waals surface area contributed by atoms with Crippen LogP contribution in [0.25, 0.3) is 11.0 Å². The lowest BCUT2D eigenvalue weighted by atomic mass is 9.98. The van der Waals surface area contributed by atoms with Crippen molar-refractivity contribution in [3.05, 3.63) is 48.0 Å². The molecule has 1 fully saturated rings. The highest BCUT2D eigenvalue weighted by atomic mass is 32.2. The van der Waals surface area contributed by atoms with Crippen molar-refractivity contribution < 1.29 is 31.0 Å². The maximum Gasteiger partial charge on any atom is 0.416 e. The van der Waals surface area contributed by atoms with E-state index in [1.807, 2.05) is 0 Å². The van der Waals surface area contributed by atoms with Gasteiger partial charge in [0.1, 0.15) is 10.4 Å². The lowest BCUT2D eigenvalue weighted by molar-refractivity contribution is -0.137. The zero-order chi connectivity index (χ0) is 22.2. The van der Waals surface area contributed by atoms with Gasteiger partial charge in [-0.15, -0.1) is 0 Å². The minimum Gasteiger partial charge on any atom is -0.326 e. The van der Waals surface area contributed by atoms with Crippen molar-refractivity contribution in [2.45, 2.75) is 23.9 Å². The smallest absolute Gasteiger partial charge is 0.326 e. The van der Waals surface area contributed by atoms with Crippen LogP contribution in [0.4, 0.5) is 18.9 Å². The normalized spacial score (nSPS) is 18.2. The first-order valence-electron chi connectivity index (χ1n) is 9.36. The summed E-state index contributed by atoms with van der Waals surface area (Å²) in [7, 11) is -3.95. The third kappa shape index (κ3) is 4.26. The molecular formula is C19H17F3N4O4S. The highest BCUT2D eigenvalue weighted by Crippen LogP contribution is 2.31. The van der Waals surface area contributed by atoms with E-state index in [2.05, 4.69) is 20.3 Å². The summed E-state index contributed by atoms with van der Waals surface area (Å²) in [6, 6.07) is 8.57. The number of alkyl halides is 3. The molecule has 0 bridgehead atoms. The Morgan fingerprint density at radius 3 is 2.58 bits per heavy atom. The number of piperidine rings is 1. The number of benzene rings is 2. The Balaban J connectivity index is 1.49. The van der Waals surface area contributed by atoms with Crippen LogP contribution in [0.15, 0.2) is 52.0 Å². The number of anilines is 1. The molecule has 0 spiro atoms. The number of nitrogens with one attached hydrogen (secondary N) is 1. The summed E-state index contributed by atoms with van der Waals surface area (Å²) in [5.74, 6) is -1.11. The quantitative estimate of drug-likeness (QED) is 0.649. The molecule has 0 saturated carbocycles. The molecule has 3 aromatic rings. The Hall–Kier alpha value is -2.99. The van der Waals surface area contributed by atoms with Gasteiger partial charge in [-0.1, -0.05) is 6.07 Å². The van der Waals surface area contributed by atoms with Crippen LogP contribution in [0.3, 0.4) is 0 Å². The third-order valence-corrected chi connectivity index (χ3v) is 7.00. The predicted molar refractivity (Wildman–Crippen MR) is 103 cm³/mol. The summed E-state index contributed by atoms with van der Waals surface area (Å²) < 4.78 is 70.1. The SMILES string of the molecule is O=C(Nc1ccc(C(F)(F)F)cc1)[C@H]1CCCN(S(=O)(=O)c2cccc3nonc23)C1. The molecule has 4 rings (SSSR count). The van der Waals surface area contributed by atoms with Gasteiger partial charge in [0.2, 0.25) is 15.9 Å². The number of carbonyl (C=O) groups is 1. The lowest BCUT2D eigenvalue weighted by Crippen LogP contribution is -2.43. The minimum atomic E-state index is -4.47. The highest BCUT2D eigenvalue weighted by molar-refractivity contribution is 7.89. The van der Waals surface area contributed by atoms with Crippen molar-refractivity contribution in [3.8, 4) is 0 Å². The average Bonchev–Trinajstić information content (AvgIpc) is 3.22. The van der Waals surface area contributed by atoms with E-state index in [1.165, 1.54) is 16.4 Å². The number of carbonyl (C=O) groups excluding carboxylic acids is 1. The number of amides is 1. The summed E-state index contributed by atoms with van der Waals surface area (Å²) in [6.45, 7) is 0.171. The molecular weight excluding hydrogens is 437 g/mol. The van der Waals surface area contributed by atoms with E-state index in [9.17, 15) is 26.4 Å². The van der Waals surface area contributed by atoms with Crippen LogP contribution in [-0.2, 0) is 21.0 Å². The van der Waals surface area contributed by atoms with E-state index >= 15 is 0 Å². The molecule has 0 radical (unpaired) electrons. The van der Waals surface area contributed by atoms with Crippen LogP contribution in [0.2, 0.25) is 0 Å². The van der Waals surface area contributed by atoms with Gasteiger partial charge in [0.15, 0.2) is 5.52 Å². The second-order valence-corrected chi connectivity index (χ2v) is 9.06. The fourth-order valence-electron chi connectivity index (χ4n) is 3.49. The fraction of sp³-hybridized carbons (Fsp3) is 0.316. The number of sulfonamides is 1. The Labute approximate surface area is 175 Å². The molecule has 164 valence electrons. The topological polar surface area (TPSA) is 105 Å². The van der Waals surface area contributed by atoms with Crippen LogP contribution in [0.1, 0.15) is 18.4 Å². The van der Waals surface area contributed by atoms with Gasteiger partial charge in [-0.25, -0.2) is 13.0 Å². The van der Waals surface area contributed by atoms with E-state index < -0.39 is 33.6 Å². The van der Waals surface area contributed by atoms with Gasteiger partial charge in [-0.05, 0) is 59.6 Å². The lowest BCUT2D eigenvalue weighted by Gasteiger charge is -2.31. The maximum atomic E-state index is 13.1. The fourth-order valence-corrected chi connectivity index (χ4v) is 5.15. The predicted octanol–water partition coefficient (Wildman–Crippen LogP) is 3.28. The standard InChI is InChI=1S/C19H17F3N4O4S/c20-19(21,22)13-6-8-14(9-7-13)23-18(27)12-3-2-10-26(11-12)31(28,29)16-5-1-4-15-17(16)25-30-24-15/h1,4-9,12H,2-3,10-11H2,(H,23,27)/t12-/m0/s1. The van der Waals surface area contributed by atoms with Crippen LogP contribution in [0, 0.1) is 5.92 Å². The zero-order valence-electron chi connectivity index (χ0n) is 16.0. The van der Waals surface area contributed by atoms with Gasteiger partial charge in [-0.3, -0.25) is 4.79 Å². The van der Waals surface area contributed by atoms with Gasteiger partial charge >= 0.3 is 6.18 Å². The van der Waals surface area contributed by atoms with Crippen LogP contribution < -0.4 is 5.32 Å². The molecule has 1 aromatic heterocycles. The average molecular weight is 454 g/mol. The monoisotopic (exact) mass is 454 g/mol. The van der Waals surface area contributed by atoms with Crippen molar-refractivity contribution in [2.24, 2.45) is 5.92 Å². The Bertz CT molecular complexity index is 1210. The Kier molecular flexibility index (Phi) is 5.43. The summed E-state index contributed by atoms with van der Waals surface area (Å²) >= 11 is 0. The Morgan fingerprint density at radius 2 is 1.87 bits per heavy atom. The van der Waals surface area contributed by atoms with E-state index in [0.717, 1.165) is 24.3 Å². The van der Waals surface area contributed by atoms with E-state index in [0.29, 0.717) is 18.4 Å². The summed E-state index contributed by atoms with van der Waals surface area (Å²) in [5, 5.41) is 9.87. The second-order valence-electron chi connectivity index (χ2n) is 7.15. The van der Waals surface area contributed by atoms with Gasteiger partial charge in [-0.2, -0.15) is 17.5 Å². The highest BCUT2D eigenvalue weighted by Gasteiger charge is 2.35. The van der Waals surface area contributed by atoms with Gasteiger partial charge in [0.25, 0.3) is 0 Å². The molecule has 1 aliphatic rings. The minimum absolute atomic E-state index is 0.0591. The number of halogens is 3. The van der Waals surface area contributed by atoms with Gasteiger partial charge < -0.3 is 5.32 Å². The molecule has 1 saturated heterocycles. The van der Waals surface area contributed by atoms with Crippen LogP contribution in [0.5, 0.6) is 0 Å². The largest absolute Gasteiger partial charge is 0.416 e. The summed E-state index contributed by atoms with van der Waals surface area (Å²) in [6.07, 6.45) is -3.56. The number of nitrogens with zero attached hydrogens (tertiary/aromatic N) is 3. The maximum absolute atomic E-state index is 13.1. The van der Waals surface area contributed by atoms with E-state index in [4.69, 9.17) is 0 Å². The van der Waals surface area contributed by atoms with Crippen LogP contribution in [-0.4, -0.2) is 42.0 Å². The molecule has 1 N–H and O–H groups in total. The first-order valence-corrected chi connectivity index (χ1v) is 10.8. The van der Waals surface area contributed by atoms with Crippen LogP contribution >= 0.6 is 0 Å². The number of fused-ring (bicyclic) bond motifs is 1. The van der Waals surface area contributed by atoms with E-state index in [-0.39, 0.29) is 29.2 Å². The zero-order valence-corrected chi connectivity index (χ0v) is 16.8. The summed E-state index contributed by atoms with van der Waals surface area (Å²) in [5.41, 5.74) is -0.207. The first kappa shape index (κ1) is 21.2. The van der Waals surface area contributed by atoms with Gasteiger partial charge in [0, 0.05) is 18.8 Å². The van der Waals surface area contributed by atoms with Crippen molar-refractivity contribution in [1.82, 2.24) is 14.6 Å². The van der Waals surface area contributed by atoms with Gasteiger partial charge in [0.05, 0.1) is 11.5 Å². The van der Waals surface area contributed by atoms with Crippen molar-refractivity contribution in [1.29, 1.82) is 0 Å². The van der Waals surface area contributed by atoms with Crippen molar-refractivity contribution in [2.75, 3.05) is 18.4 Å². The molecule has 0 aliphatic carbocycles. The molecule has 1 atom stereocenters. The Morgan fingerprint density at radius 1 is 1.13 bits per heavy atom. The molecule has 12 heteroatoms. The molecule has 2 aromatic carbocycles. The number of rotatable bonds is 4. The van der Waals surface area contributed by atoms with E-state index in [1.54, 1.807) is 6.07 Å². The van der Waals surface area contributed by atoms with Crippen molar-refractivity contribution >= 4 is 32.7 Å². The summed E-state index contributed by atoms with van der Waals surface area (Å²) in [4.78, 5) is 12.6. The third-order valence-electron chi connectivity index (χ3n) is 5.10.